The van der Waals surface area contributed by atoms with Crippen LogP contribution in [0.1, 0.15) is 21.5 Å². The first-order chi connectivity index (χ1) is 15.4. The Kier molecular flexibility index (Phi) is 7.56. The number of hydrogen-bond donors (Lipinski definition) is 2. The van der Waals surface area contributed by atoms with E-state index in [-0.39, 0.29) is 17.2 Å². The molecular formula is C22H19ClN4O4S. The van der Waals surface area contributed by atoms with Gasteiger partial charge in [-0.15, -0.1) is 4.72 Å². The van der Waals surface area contributed by atoms with Gasteiger partial charge in [0.2, 0.25) is 5.88 Å². The van der Waals surface area contributed by atoms with Gasteiger partial charge in [0.25, 0.3) is 5.91 Å². The van der Waals surface area contributed by atoms with Crippen molar-refractivity contribution in [2.45, 2.75) is 11.8 Å². The number of methoxy groups -OCH3 is 1. The Labute approximate surface area is 193 Å². The molecule has 8 nitrogen and oxygen atoms in total. The van der Waals surface area contributed by atoms with Crippen LogP contribution >= 0.6 is 11.6 Å². The highest BCUT2D eigenvalue weighted by atomic mass is 35.5. The first-order valence-electron chi connectivity index (χ1n) is 9.29. The smallest absolute Gasteiger partial charge is 0.261 e. The molecule has 1 atom stereocenters. The van der Waals surface area contributed by atoms with Gasteiger partial charge in [0.05, 0.1) is 35.1 Å². The fourth-order valence-corrected chi connectivity index (χ4v) is 3.64. The monoisotopic (exact) mass is 470 g/mol. The summed E-state index contributed by atoms with van der Waals surface area (Å²) in [5, 5.41) is 12.1. The molecule has 2 N–H and O–H groups in total. The SMILES string of the molecule is CN[S@+]([O-])c1cccc(NC(=O)c2c(Oc3ccc(C#N)cc3OC)ncc(Cl)c2C)c1. The van der Waals surface area contributed by atoms with Crippen LogP contribution < -0.4 is 19.5 Å². The topological polar surface area (TPSA) is 119 Å². The first kappa shape index (κ1) is 23.4. The van der Waals surface area contributed by atoms with Crippen LogP contribution in [-0.2, 0) is 11.4 Å². The van der Waals surface area contributed by atoms with Crippen molar-refractivity contribution in [1.82, 2.24) is 9.71 Å². The van der Waals surface area contributed by atoms with Crippen molar-refractivity contribution in [3.63, 3.8) is 0 Å². The third kappa shape index (κ3) is 5.12. The quantitative estimate of drug-likeness (QED) is 0.496. The zero-order valence-corrected chi connectivity index (χ0v) is 19.0. The second-order valence-corrected chi connectivity index (χ2v) is 8.27. The number of ether oxygens (including phenoxy) is 2. The molecule has 10 heteroatoms. The van der Waals surface area contributed by atoms with E-state index < -0.39 is 17.3 Å². The second kappa shape index (κ2) is 10.3. The molecule has 1 amide bonds. The number of benzene rings is 2. The lowest BCUT2D eigenvalue weighted by Crippen LogP contribution is -2.19. The summed E-state index contributed by atoms with van der Waals surface area (Å²) in [6.07, 6.45) is 1.38. The number of hydrogen-bond acceptors (Lipinski definition) is 7. The zero-order valence-electron chi connectivity index (χ0n) is 17.4. The summed E-state index contributed by atoms with van der Waals surface area (Å²) < 4.78 is 25.8. The zero-order chi connectivity index (χ0) is 23.3. The maximum Gasteiger partial charge on any atom is 0.261 e. The van der Waals surface area contributed by atoms with Crippen LogP contribution in [0.15, 0.2) is 53.6 Å². The molecule has 2 aromatic carbocycles. The van der Waals surface area contributed by atoms with Crippen LogP contribution in [0.5, 0.6) is 17.4 Å². The number of rotatable bonds is 7. The van der Waals surface area contributed by atoms with Gasteiger partial charge < -0.3 is 19.3 Å². The van der Waals surface area contributed by atoms with E-state index >= 15 is 0 Å². The van der Waals surface area contributed by atoms with Crippen molar-refractivity contribution in [2.24, 2.45) is 0 Å². The molecule has 0 spiro atoms. The minimum Gasteiger partial charge on any atom is -0.593 e. The highest BCUT2D eigenvalue weighted by Crippen LogP contribution is 2.35. The summed E-state index contributed by atoms with van der Waals surface area (Å²) in [5.41, 5.74) is 1.43. The maximum absolute atomic E-state index is 13.1. The number of pyridine rings is 1. The lowest BCUT2D eigenvalue weighted by molar-refractivity contribution is 0.102. The number of carbonyl (C=O) groups is 1. The summed E-state index contributed by atoms with van der Waals surface area (Å²) >= 11 is 4.81. The molecular weight excluding hydrogens is 452 g/mol. The molecule has 0 bridgehead atoms. The summed E-state index contributed by atoms with van der Waals surface area (Å²) in [5.74, 6) is 0.100. The number of aromatic nitrogens is 1. The van der Waals surface area contributed by atoms with Crippen LogP contribution in [0.4, 0.5) is 5.69 Å². The van der Waals surface area contributed by atoms with E-state index in [0.717, 1.165) is 0 Å². The maximum atomic E-state index is 13.1. The van der Waals surface area contributed by atoms with Crippen molar-refractivity contribution in [1.29, 1.82) is 5.26 Å². The molecule has 0 saturated carbocycles. The van der Waals surface area contributed by atoms with Crippen molar-refractivity contribution in [3.05, 3.63) is 70.4 Å². The predicted octanol–water partition coefficient (Wildman–Crippen LogP) is 4.21. The van der Waals surface area contributed by atoms with Gasteiger partial charge in [0.1, 0.15) is 5.56 Å². The van der Waals surface area contributed by atoms with Crippen LogP contribution in [-0.4, -0.2) is 29.6 Å². The Balaban J connectivity index is 1.96. The van der Waals surface area contributed by atoms with E-state index in [4.69, 9.17) is 26.3 Å². The molecule has 0 aliphatic rings. The first-order valence-corrected chi connectivity index (χ1v) is 10.8. The molecule has 1 heterocycles. The molecule has 0 fully saturated rings. The van der Waals surface area contributed by atoms with Crippen molar-refractivity contribution in [2.75, 3.05) is 19.5 Å². The van der Waals surface area contributed by atoms with Gasteiger partial charge in [-0.25, -0.2) is 4.98 Å². The fourth-order valence-electron chi connectivity index (χ4n) is 2.83. The molecule has 3 aromatic rings. The molecule has 3 rings (SSSR count). The average Bonchev–Trinajstić information content (AvgIpc) is 2.81. The Morgan fingerprint density at radius 1 is 1.25 bits per heavy atom. The highest BCUT2D eigenvalue weighted by molar-refractivity contribution is 7.89. The number of nitrogens with one attached hydrogen (secondary N) is 2. The van der Waals surface area contributed by atoms with Gasteiger partial charge in [0, 0.05) is 31.1 Å². The van der Waals surface area contributed by atoms with E-state index in [1.807, 2.05) is 6.07 Å². The Hall–Kier alpha value is -3.29. The van der Waals surface area contributed by atoms with E-state index in [2.05, 4.69) is 15.0 Å². The number of amides is 1. The summed E-state index contributed by atoms with van der Waals surface area (Å²) in [6.45, 7) is 1.67. The van der Waals surface area contributed by atoms with Crippen LogP contribution in [0.25, 0.3) is 0 Å². The minimum atomic E-state index is -1.40. The van der Waals surface area contributed by atoms with E-state index in [9.17, 15) is 9.35 Å². The summed E-state index contributed by atoms with van der Waals surface area (Å²) in [4.78, 5) is 17.8. The van der Waals surface area contributed by atoms with Gasteiger partial charge in [-0.3, -0.25) is 4.79 Å². The molecule has 1 aromatic heterocycles. The van der Waals surface area contributed by atoms with Crippen LogP contribution in [0.2, 0.25) is 5.02 Å². The highest BCUT2D eigenvalue weighted by Gasteiger charge is 2.22. The lowest BCUT2D eigenvalue weighted by atomic mass is 10.1. The Morgan fingerprint density at radius 3 is 2.72 bits per heavy atom. The second-order valence-electron chi connectivity index (χ2n) is 6.45. The Bertz CT molecular complexity index is 1200. The largest absolute Gasteiger partial charge is 0.593 e. The predicted molar refractivity (Wildman–Crippen MR) is 122 cm³/mol. The number of nitriles is 1. The number of halogens is 1. The van der Waals surface area contributed by atoms with E-state index in [1.54, 1.807) is 50.4 Å². The molecule has 32 heavy (non-hydrogen) atoms. The molecule has 0 saturated heterocycles. The number of anilines is 1. The van der Waals surface area contributed by atoms with Crippen LogP contribution in [0.3, 0.4) is 0 Å². The van der Waals surface area contributed by atoms with Crippen LogP contribution in [0, 0.1) is 18.3 Å². The van der Waals surface area contributed by atoms with E-state index in [0.29, 0.717) is 32.5 Å². The molecule has 0 unspecified atom stereocenters. The summed E-state index contributed by atoms with van der Waals surface area (Å²) in [7, 11) is 3.02. The third-order valence-corrected chi connectivity index (χ3v) is 5.89. The van der Waals surface area contributed by atoms with Gasteiger partial charge in [0.15, 0.2) is 16.4 Å². The van der Waals surface area contributed by atoms with Gasteiger partial charge in [-0.05, 0) is 36.8 Å². The fraction of sp³-hybridized carbons (Fsp3) is 0.136. The molecule has 164 valence electrons. The number of nitrogens with zero attached hydrogens (tertiary/aromatic N) is 2. The van der Waals surface area contributed by atoms with Gasteiger partial charge >= 0.3 is 0 Å². The normalized spacial score (nSPS) is 11.4. The molecule has 0 aliphatic heterocycles. The van der Waals surface area contributed by atoms with Crippen molar-refractivity contribution < 1.29 is 18.8 Å². The standard InChI is InChI=1S/C22H19ClN4O4S/c1-13-17(23)12-26-22(31-18-8-7-14(11-24)9-19(18)30-3)20(13)21(28)27-15-5-4-6-16(10-15)32(29)25-2/h4-10,12,25H,1-3H3,(H,27,28)/t32-/m1/s1. The number of carbonyl (C=O) groups excluding carboxylic acids is 1. The van der Waals surface area contributed by atoms with Crippen molar-refractivity contribution >= 4 is 34.6 Å². The molecule has 0 radical (unpaired) electrons. The minimum absolute atomic E-state index is 0.0161. The lowest BCUT2D eigenvalue weighted by Gasteiger charge is -2.15. The van der Waals surface area contributed by atoms with Gasteiger partial charge in [-0.1, -0.05) is 17.7 Å². The molecule has 0 aliphatic carbocycles. The Morgan fingerprint density at radius 2 is 2.03 bits per heavy atom. The van der Waals surface area contributed by atoms with E-state index in [1.165, 1.54) is 19.4 Å². The summed E-state index contributed by atoms with van der Waals surface area (Å²) in [6, 6.07) is 13.3. The van der Waals surface area contributed by atoms with Crippen molar-refractivity contribution in [3.8, 4) is 23.4 Å². The third-order valence-electron chi connectivity index (χ3n) is 4.46. The average molecular weight is 471 g/mol. The van der Waals surface area contributed by atoms with Gasteiger partial charge in [-0.2, -0.15) is 5.26 Å².